The minimum Gasteiger partial charge on any atom is -0.324 e. The molecule has 0 bridgehead atoms. The number of carbonyl (C=O) groups is 2. The highest BCUT2D eigenvalue weighted by molar-refractivity contribution is 6.06. The second-order valence-corrected chi connectivity index (χ2v) is 4.05. The molecule has 4 heteroatoms. The van der Waals surface area contributed by atoms with Gasteiger partial charge >= 0.3 is 6.03 Å². The molecule has 1 saturated heterocycles. The lowest BCUT2D eigenvalue weighted by Crippen LogP contribution is -2.43. The van der Waals surface area contributed by atoms with Gasteiger partial charge in [0.2, 0.25) is 0 Å². The van der Waals surface area contributed by atoms with Crippen molar-refractivity contribution in [1.82, 2.24) is 10.6 Å². The topological polar surface area (TPSA) is 58.2 Å². The van der Waals surface area contributed by atoms with Crippen LogP contribution in [0.3, 0.4) is 0 Å². The first-order chi connectivity index (χ1) is 6.58. The second-order valence-electron chi connectivity index (χ2n) is 4.05. The maximum atomic E-state index is 11.4. The minimum absolute atomic E-state index is 0.195. The number of urea groups is 1. The van der Waals surface area contributed by atoms with E-state index in [1.165, 1.54) is 12.8 Å². The molecule has 0 unspecified atom stereocenters. The lowest BCUT2D eigenvalue weighted by atomic mass is 9.94. The van der Waals surface area contributed by atoms with Gasteiger partial charge in [-0.1, -0.05) is 32.6 Å². The molecule has 0 radical (unpaired) electrons. The molecule has 1 fully saturated rings. The Morgan fingerprint density at radius 3 is 2.43 bits per heavy atom. The van der Waals surface area contributed by atoms with Crippen LogP contribution in [0.1, 0.15) is 46.0 Å². The molecular weight excluding hydrogens is 180 g/mol. The van der Waals surface area contributed by atoms with E-state index in [1.54, 1.807) is 6.92 Å². The van der Waals surface area contributed by atoms with Crippen molar-refractivity contribution in [3.8, 4) is 0 Å². The van der Waals surface area contributed by atoms with Crippen molar-refractivity contribution >= 4 is 11.9 Å². The van der Waals surface area contributed by atoms with Crippen LogP contribution < -0.4 is 10.6 Å². The molecule has 1 aliphatic rings. The molecule has 4 nitrogen and oxygen atoms in total. The number of rotatable bonds is 5. The predicted octanol–water partition coefficient (Wildman–Crippen LogP) is 1.55. The highest BCUT2D eigenvalue weighted by atomic mass is 16.2. The van der Waals surface area contributed by atoms with Crippen LogP contribution >= 0.6 is 0 Å². The lowest BCUT2D eigenvalue weighted by molar-refractivity contribution is -0.123. The number of hydrogen-bond donors (Lipinski definition) is 2. The molecule has 1 atom stereocenters. The van der Waals surface area contributed by atoms with Crippen LogP contribution in [0.15, 0.2) is 0 Å². The van der Waals surface area contributed by atoms with Crippen molar-refractivity contribution in [1.29, 1.82) is 0 Å². The molecule has 0 saturated carbocycles. The summed E-state index contributed by atoms with van der Waals surface area (Å²) in [4.78, 5) is 22.3. The Morgan fingerprint density at radius 2 is 1.93 bits per heavy atom. The van der Waals surface area contributed by atoms with Gasteiger partial charge in [-0.2, -0.15) is 0 Å². The van der Waals surface area contributed by atoms with Gasteiger partial charge in [0.1, 0.15) is 5.54 Å². The van der Waals surface area contributed by atoms with Crippen LogP contribution in [0.5, 0.6) is 0 Å². The van der Waals surface area contributed by atoms with Gasteiger partial charge in [-0.15, -0.1) is 0 Å². The van der Waals surface area contributed by atoms with Crippen molar-refractivity contribution in [3.05, 3.63) is 0 Å². The third-order valence-corrected chi connectivity index (χ3v) is 2.65. The van der Waals surface area contributed by atoms with Gasteiger partial charge in [-0.05, 0) is 13.3 Å². The second kappa shape index (κ2) is 4.44. The normalized spacial score (nSPS) is 26.1. The number of imide groups is 1. The summed E-state index contributed by atoms with van der Waals surface area (Å²) in [6.45, 7) is 3.92. The van der Waals surface area contributed by atoms with Gasteiger partial charge in [0, 0.05) is 0 Å². The van der Waals surface area contributed by atoms with Crippen LogP contribution in [-0.2, 0) is 4.79 Å². The fraction of sp³-hybridized carbons (Fsp3) is 0.800. The first-order valence-corrected chi connectivity index (χ1v) is 5.22. The zero-order valence-electron chi connectivity index (χ0n) is 8.85. The van der Waals surface area contributed by atoms with Crippen molar-refractivity contribution in [3.63, 3.8) is 0 Å². The third-order valence-electron chi connectivity index (χ3n) is 2.65. The smallest absolute Gasteiger partial charge is 0.322 e. The summed E-state index contributed by atoms with van der Waals surface area (Å²) in [5, 5.41) is 4.92. The highest BCUT2D eigenvalue weighted by Gasteiger charge is 2.40. The van der Waals surface area contributed by atoms with Gasteiger partial charge in [0.25, 0.3) is 5.91 Å². The fourth-order valence-electron chi connectivity index (χ4n) is 1.66. The molecule has 1 heterocycles. The molecule has 0 aliphatic carbocycles. The molecule has 0 aromatic heterocycles. The summed E-state index contributed by atoms with van der Waals surface area (Å²) in [5.41, 5.74) is -0.676. The Balaban J connectivity index is 2.35. The van der Waals surface area contributed by atoms with E-state index in [9.17, 15) is 9.59 Å². The van der Waals surface area contributed by atoms with Crippen LogP contribution in [0, 0.1) is 0 Å². The average Bonchev–Trinajstić information content (AvgIpc) is 2.36. The largest absolute Gasteiger partial charge is 0.324 e. The third kappa shape index (κ3) is 2.47. The number of unbranched alkanes of at least 4 members (excludes halogenated alkanes) is 3. The molecule has 0 aromatic carbocycles. The van der Waals surface area contributed by atoms with E-state index in [1.807, 2.05) is 0 Å². The molecular formula is C10H18N2O2. The molecule has 1 rings (SSSR count). The van der Waals surface area contributed by atoms with Crippen LogP contribution in [-0.4, -0.2) is 17.5 Å². The zero-order chi connectivity index (χ0) is 10.6. The summed E-state index contributed by atoms with van der Waals surface area (Å²) >= 11 is 0. The summed E-state index contributed by atoms with van der Waals surface area (Å²) in [6.07, 6.45) is 5.19. The van der Waals surface area contributed by atoms with E-state index in [0.717, 1.165) is 19.3 Å². The quantitative estimate of drug-likeness (QED) is 0.520. The molecule has 14 heavy (non-hydrogen) atoms. The van der Waals surface area contributed by atoms with E-state index >= 15 is 0 Å². The Morgan fingerprint density at radius 1 is 1.21 bits per heavy atom. The van der Waals surface area contributed by atoms with Crippen molar-refractivity contribution in [2.24, 2.45) is 0 Å². The monoisotopic (exact) mass is 198 g/mol. The van der Waals surface area contributed by atoms with Gasteiger partial charge in [-0.3, -0.25) is 10.1 Å². The number of hydrogen-bond acceptors (Lipinski definition) is 2. The molecule has 0 aromatic rings. The van der Waals surface area contributed by atoms with Crippen molar-refractivity contribution in [2.75, 3.05) is 0 Å². The summed E-state index contributed by atoms with van der Waals surface area (Å²) in [7, 11) is 0. The van der Waals surface area contributed by atoms with Gasteiger partial charge in [0.05, 0.1) is 0 Å². The molecule has 2 N–H and O–H groups in total. The van der Waals surface area contributed by atoms with Crippen molar-refractivity contribution < 1.29 is 9.59 Å². The Kier molecular flexibility index (Phi) is 3.49. The first-order valence-electron chi connectivity index (χ1n) is 5.22. The maximum Gasteiger partial charge on any atom is 0.322 e. The van der Waals surface area contributed by atoms with Gasteiger partial charge in [-0.25, -0.2) is 4.79 Å². The Bertz CT molecular complexity index is 240. The number of carbonyl (C=O) groups excluding carboxylic acids is 2. The van der Waals surface area contributed by atoms with Gasteiger partial charge < -0.3 is 5.32 Å². The van der Waals surface area contributed by atoms with E-state index in [-0.39, 0.29) is 11.9 Å². The average molecular weight is 198 g/mol. The number of amides is 3. The lowest BCUT2D eigenvalue weighted by Gasteiger charge is -2.19. The predicted molar refractivity (Wildman–Crippen MR) is 53.8 cm³/mol. The SMILES string of the molecule is CCCCCC[C@]1(C)NC(=O)NC1=O. The first kappa shape index (κ1) is 11.0. The van der Waals surface area contributed by atoms with Crippen LogP contribution in [0.4, 0.5) is 4.79 Å². The molecule has 3 amide bonds. The summed E-state index contributed by atoms with van der Waals surface area (Å²) in [5.74, 6) is -0.195. The highest BCUT2D eigenvalue weighted by Crippen LogP contribution is 2.18. The van der Waals surface area contributed by atoms with E-state index in [2.05, 4.69) is 17.6 Å². The van der Waals surface area contributed by atoms with Crippen LogP contribution in [0.25, 0.3) is 0 Å². The van der Waals surface area contributed by atoms with Crippen LogP contribution in [0.2, 0.25) is 0 Å². The molecule has 0 spiro atoms. The molecule has 1 aliphatic heterocycles. The fourth-order valence-corrected chi connectivity index (χ4v) is 1.66. The van der Waals surface area contributed by atoms with Crippen molar-refractivity contribution in [2.45, 2.75) is 51.5 Å². The van der Waals surface area contributed by atoms with E-state index in [0.29, 0.717) is 0 Å². The Labute approximate surface area is 84.4 Å². The number of nitrogens with one attached hydrogen (secondary N) is 2. The zero-order valence-corrected chi connectivity index (χ0v) is 8.85. The van der Waals surface area contributed by atoms with E-state index in [4.69, 9.17) is 0 Å². The maximum absolute atomic E-state index is 11.4. The van der Waals surface area contributed by atoms with E-state index < -0.39 is 5.54 Å². The molecule has 80 valence electrons. The summed E-state index contributed by atoms with van der Waals surface area (Å²) in [6, 6.07) is -0.368. The standard InChI is InChI=1S/C10H18N2O2/c1-3-4-5-6-7-10(2)8(13)11-9(14)12-10/h3-7H2,1-2H3,(H2,11,12,13,14)/t10-/m0/s1. The minimum atomic E-state index is -0.676. The Hall–Kier alpha value is -1.06. The summed E-state index contributed by atoms with van der Waals surface area (Å²) < 4.78 is 0. The van der Waals surface area contributed by atoms with Gasteiger partial charge in [0.15, 0.2) is 0 Å².